The lowest BCUT2D eigenvalue weighted by atomic mass is 9.97. The third-order valence-corrected chi connectivity index (χ3v) is 5.14. The zero-order valence-corrected chi connectivity index (χ0v) is 15.6. The maximum absolute atomic E-state index is 13.1. The largest absolute Gasteiger partial charge is 0.338 e. The number of pyridine rings is 1. The molecule has 0 N–H and O–H groups in total. The van der Waals surface area contributed by atoms with Crippen LogP contribution in [0.2, 0.25) is 0 Å². The van der Waals surface area contributed by atoms with Gasteiger partial charge in [0.2, 0.25) is 0 Å². The molecule has 1 aromatic carbocycles. The molecule has 2 aromatic heterocycles. The van der Waals surface area contributed by atoms with Crippen LogP contribution in [-0.2, 0) is 26.6 Å². The summed E-state index contributed by atoms with van der Waals surface area (Å²) in [5, 5.41) is 1.05. The molecule has 4 rings (SSSR count). The number of hydrogen-bond donors (Lipinski definition) is 0. The van der Waals surface area contributed by atoms with Gasteiger partial charge < -0.3 is 14.4 Å². The van der Waals surface area contributed by atoms with Crippen molar-refractivity contribution in [1.82, 2.24) is 19.4 Å². The lowest BCUT2D eigenvalue weighted by Crippen LogP contribution is -2.36. The highest BCUT2D eigenvalue weighted by Gasteiger charge is 2.24. The van der Waals surface area contributed by atoms with Crippen LogP contribution < -0.4 is 0 Å². The highest BCUT2D eigenvalue weighted by Crippen LogP contribution is 2.24. The van der Waals surface area contributed by atoms with Gasteiger partial charge in [0, 0.05) is 38.3 Å². The fraction of sp³-hybridized carbons (Fsp3) is 0.333. The Morgan fingerprint density at radius 2 is 2.04 bits per heavy atom. The Morgan fingerprint density at radius 1 is 1.19 bits per heavy atom. The minimum absolute atomic E-state index is 0.0896. The van der Waals surface area contributed by atoms with Crippen LogP contribution in [0.5, 0.6) is 0 Å². The molecule has 0 saturated carbocycles. The van der Waals surface area contributed by atoms with Crippen LogP contribution >= 0.6 is 0 Å². The van der Waals surface area contributed by atoms with E-state index in [0.717, 1.165) is 36.1 Å². The van der Waals surface area contributed by atoms with E-state index in [0.29, 0.717) is 6.54 Å². The highest BCUT2D eigenvalue weighted by atomic mass is 16.2. The highest BCUT2D eigenvalue weighted by molar-refractivity contribution is 5.98. The van der Waals surface area contributed by atoms with E-state index in [1.807, 2.05) is 34.8 Å². The first-order valence-corrected chi connectivity index (χ1v) is 8.97. The molecule has 0 spiro atoms. The number of amides is 1. The second-order valence-electron chi connectivity index (χ2n) is 7.34. The van der Waals surface area contributed by atoms with E-state index < -0.39 is 0 Å². The Kier molecular flexibility index (Phi) is 4.24. The summed E-state index contributed by atoms with van der Waals surface area (Å²) in [7, 11) is 6.10. The zero-order chi connectivity index (χ0) is 18.3. The van der Waals surface area contributed by atoms with Gasteiger partial charge in [-0.05, 0) is 49.3 Å². The topological polar surface area (TPSA) is 41.4 Å². The summed E-state index contributed by atoms with van der Waals surface area (Å²) in [5.74, 6) is 0.0896. The molecule has 0 fully saturated rings. The molecule has 1 aliphatic heterocycles. The van der Waals surface area contributed by atoms with Gasteiger partial charge in [0.1, 0.15) is 5.69 Å². The molecular weight excluding hydrogens is 324 g/mol. The average molecular weight is 348 g/mol. The van der Waals surface area contributed by atoms with E-state index in [9.17, 15) is 4.79 Å². The number of nitrogens with zero attached hydrogens (tertiary/aromatic N) is 4. The Labute approximate surface area is 153 Å². The maximum Gasteiger partial charge on any atom is 0.270 e. The van der Waals surface area contributed by atoms with Crippen molar-refractivity contribution in [1.29, 1.82) is 0 Å². The van der Waals surface area contributed by atoms with E-state index in [1.165, 1.54) is 16.7 Å². The minimum atomic E-state index is 0.0896. The molecular formula is C21H24N4O. The van der Waals surface area contributed by atoms with Crippen molar-refractivity contribution < 1.29 is 4.79 Å². The first kappa shape index (κ1) is 16.8. The normalized spacial score (nSPS) is 14.1. The number of hydrogen-bond acceptors (Lipinski definition) is 3. The number of aromatic nitrogens is 2. The number of aryl methyl sites for hydroxylation is 1. The number of carbonyl (C=O) groups excluding carboxylic acids is 1. The third-order valence-electron chi connectivity index (χ3n) is 5.14. The summed E-state index contributed by atoms with van der Waals surface area (Å²) in [4.78, 5) is 21.4. The van der Waals surface area contributed by atoms with Crippen molar-refractivity contribution in [2.45, 2.75) is 19.5 Å². The maximum atomic E-state index is 13.1. The standard InChI is InChI=1S/C21H24N4O/c1-23(2)13-15-4-5-18-14-25(9-7-16(18)10-15)21(26)19-11-17-6-8-22-12-20(17)24(19)3/h4-6,8,10-12H,7,9,13-14H2,1-3H3. The van der Waals surface area contributed by atoms with Crippen LogP contribution in [-0.4, -0.2) is 45.9 Å². The predicted octanol–water partition coefficient (Wildman–Crippen LogP) is 2.83. The molecule has 134 valence electrons. The quantitative estimate of drug-likeness (QED) is 0.731. The van der Waals surface area contributed by atoms with Gasteiger partial charge in [-0.25, -0.2) is 0 Å². The summed E-state index contributed by atoms with van der Waals surface area (Å²) in [6, 6.07) is 10.6. The lowest BCUT2D eigenvalue weighted by molar-refractivity contribution is 0.0725. The predicted molar refractivity (Wildman–Crippen MR) is 103 cm³/mol. The van der Waals surface area contributed by atoms with Gasteiger partial charge in [0.05, 0.1) is 11.7 Å². The Hall–Kier alpha value is -2.66. The van der Waals surface area contributed by atoms with Crippen molar-refractivity contribution >= 4 is 16.8 Å². The smallest absolute Gasteiger partial charge is 0.270 e. The van der Waals surface area contributed by atoms with Crippen molar-refractivity contribution in [3.05, 3.63) is 65.1 Å². The van der Waals surface area contributed by atoms with Gasteiger partial charge >= 0.3 is 0 Å². The molecule has 5 nitrogen and oxygen atoms in total. The zero-order valence-electron chi connectivity index (χ0n) is 15.6. The fourth-order valence-electron chi connectivity index (χ4n) is 3.78. The molecule has 3 heterocycles. The number of fused-ring (bicyclic) bond motifs is 2. The SMILES string of the molecule is CN(C)Cc1ccc2c(c1)CCN(C(=O)c1cc3ccncc3n1C)C2. The number of benzene rings is 1. The average Bonchev–Trinajstić information content (AvgIpc) is 2.97. The molecule has 0 aliphatic carbocycles. The molecule has 26 heavy (non-hydrogen) atoms. The van der Waals surface area contributed by atoms with E-state index in [-0.39, 0.29) is 5.91 Å². The van der Waals surface area contributed by atoms with Crippen molar-refractivity contribution in [2.75, 3.05) is 20.6 Å². The van der Waals surface area contributed by atoms with Crippen LogP contribution in [0.1, 0.15) is 27.2 Å². The second kappa shape index (κ2) is 6.57. The van der Waals surface area contributed by atoms with Crippen molar-refractivity contribution in [3.63, 3.8) is 0 Å². The summed E-state index contributed by atoms with van der Waals surface area (Å²) < 4.78 is 1.94. The third kappa shape index (κ3) is 2.99. The van der Waals surface area contributed by atoms with Crippen LogP contribution in [0.25, 0.3) is 10.9 Å². The van der Waals surface area contributed by atoms with Crippen molar-refractivity contribution in [3.8, 4) is 0 Å². The van der Waals surface area contributed by atoms with Gasteiger partial charge in [-0.15, -0.1) is 0 Å². The molecule has 1 aliphatic rings. The Morgan fingerprint density at radius 3 is 2.81 bits per heavy atom. The van der Waals surface area contributed by atoms with Gasteiger partial charge in [-0.3, -0.25) is 9.78 Å². The molecule has 0 atom stereocenters. The van der Waals surface area contributed by atoms with Crippen LogP contribution in [0.3, 0.4) is 0 Å². The first-order valence-electron chi connectivity index (χ1n) is 8.97. The van der Waals surface area contributed by atoms with E-state index >= 15 is 0 Å². The minimum Gasteiger partial charge on any atom is -0.338 e. The van der Waals surface area contributed by atoms with Crippen LogP contribution in [0.15, 0.2) is 42.7 Å². The second-order valence-corrected chi connectivity index (χ2v) is 7.34. The molecule has 0 radical (unpaired) electrons. The Bertz CT molecular complexity index is 973. The van der Waals surface area contributed by atoms with E-state index in [4.69, 9.17) is 0 Å². The van der Waals surface area contributed by atoms with Crippen LogP contribution in [0.4, 0.5) is 0 Å². The lowest BCUT2D eigenvalue weighted by Gasteiger charge is -2.29. The summed E-state index contributed by atoms with van der Waals surface area (Å²) in [6.07, 6.45) is 4.48. The fourth-order valence-corrected chi connectivity index (χ4v) is 3.78. The molecule has 1 amide bonds. The monoisotopic (exact) mass is 348 g/mol. The first-order chi connectivity index (χ1) is 12.5. The molecule has 5 heteroatoms. The van der Waals surface area contributed by atoms with Crippen LogP contribution in [0, 0.1) is 0 Å². The Balaban J connectivity index is 1.58. The van der Waals surface area contributed by atoms with Gasteiger partial charge in [-0.2, -0.15) is 0 Å². The summed E-state index contributed by atoms with van der Waals surface area (Å²) in [6.45, 7) is 2.38. The van der Waals surface area contributed by atoms with Gasteiger partial charge in [-0.1, -0.05) is 18.2 Å². The summed E-state index contributed by atoms with van der Waals surface area (Å²) >= 11 is 0. The van der Waals surface area contributed by atoms with Crippen molar-refractivity contribution in [2.24, 2.45) is 7.05 Å². The van der Waals surface area contributed by atoms with E-state index in [2.05, 4.69) is 42.2 Å². The summed E-state index contributed by atoms with van der Waals surface area (Å²) in [5.41, 5.74) is 5.67. The van der Waals surface area contributed by atoms with E-state index in [1.54, 1.807) is 6.20 Å². The molecule has 3 aromatic rings. The molecule has 0 saturated heterocycles. The number of carbonyl (C=O) groups is 1. The number of rotatable bonds is 3. The van der Waals surface area contributed by atoms with Gasteiger partial charge in [0.15, 0.2) is 0 Å². The van der Waals surface area contributed by atoms with Gasteiger partial charge in [0.25, 0.3) is 5.91 Å². The molecule has 0 bridgehead atoms. The molecule has 0 unspecified atom stereocenters.